The number of carbonyl (C=O) groups is 1. The zero-order valence-electron chi connectivity index (χ0n) is 20.5. The van der Waals surface area contributed by atoms with Crippen molar-refractivity contribution >= 4 is 21.8 Å². The molecular formula is C28H28BrN3O4. The molecule has 186 valence electrons. The van der Waals surface area contributed by atoms with E-state index in [1.165, 1.54) is 0 Å². The van der Waals surface area contributed by atoms with Gasteiger partial charge in [-0.1, -0.05) is 44.8 Å². The molecular weight excluding hydrogens is 522 g/mol. The summed E-state index contributed by atoms with van der Waals surface area (Å²) in [6.45, 7) is 2.97. The van der Waals surface area contributed by atoms with E-state index in [1.54, 1.807) is 14.2 Å². The fraction of sp³-hybridized carbons (Fsp3) is 0.250. The molecule has 0 aliphatic rings. The SMILES string of the molecule is COc1ccc(CCN(CCc2nc(-c3ccc(Br)cc3)no2)C(=O)c2ccc(C)cc2)cc1OC. The molecule has 0 spiro atoms. The van der Waals surface area contributed by atoms with Crippen molar-refractivity contribution in [3.05, 3.63) is 93.8 Å². The topological polar surface area (TPSA) is 77.7 Å². The summed E-state index contributed by atoms with van der Waals surface area (Å²) in [4.78, 5) is 19.7. The van der Waals surface area contributed by atoms with Crippen LogP contribution in [0.3, 0.4) is 0 Å². The maximum absolute atomic E-state index is 13.4. The van der Waals surface area contributed by atoms with E-state index in [1.807, 2.05) is 78.6 Å². The van der Waals surface area contributed by atoms with Gasteiger partial charge >= 0.3 is 0 Å². The van der Waals surface area contributed by atoms with E-state index in [2.05, 4.69) is 26.1 Å². The van der Waals surface area contributed by atoms with Gasteiger partial charge in [0, 0.05) is 35.1 Å². The van der Waals surface area contributed by atoms with Crippen LogP contribution in [-0.4, -0.2) is 48.3 Å². The first-order chi connectivity index (χ1) is 17.5. The number of amides is 1. The van der Waals surface area contributed by atoms with E-state index in [0.717, 1.165) is 21.2 Å². The summed E-state index contributed by atoms with van der Waals surface area (Å²) < 4.78 is 17.2. The number of benzene rings is 3. The van der Waals surface area contributed by atoms with Crippen molar-refractivity contribution in [2.75, 3.05) is 27.3 Å². The Balaban J connectivity index is 1.48. The van der Waals surface area contributed by atoms with E-state index in [9.17, 15) is 4.79 Å². The molecule has 1 aromatic heterocycles. The van der Waals surface area contributed by atoms with Crippen molar-refractivity contribution in [3.63, 3.8) is 0 Å². The lowest BCUT2D eigenvalue weighted by Gasteiger charge is -2.22. The number of hydrogen-bond donors (Lipinski definition) is 0. The molecule has 0 atom stereocenters. The van der Waals surface area contributed by atoms with E-state index in [4.69, 9.17) is 14.0 Å². The predicted octanol–water partition coefficient (Wildman–Crippen LogP) is 5.75. The van der Waals surface area contributed by atoms with Gasteiger partial charge in [0.1, 0.15) is 0 Å². The first kappa shape index (κ1) is 25.4. The summed E-state index contributed by atoms with van der Waals surface area (Å²) in [6.07, 6.45) is 1.11. The van der Waals surface area contributed by atoms with Crippen LogP contribution in [0.1, 0.15) is 27.4 Å². The minimum atomic E-state index is -0.0388. The molecule has 36 heavy (non-hydrogen) atoms. The molecule has 1 amide bonds. The Morgan fingerprint density at radius 2 is 1.61 bits per heavy atom. The van der Waals surface area contributed by atoms with Crippen LogP contribution >= 0.6 is 15.9 Å². The van der Waals surface area contributed by atoms with Crippen LogP contribution in [0, 0.1) is 6.92 Å². The van der Waals surface area contributed by atoms with Crippen molar-refractivity contribution in [2.45, 2.75) is 19.8 Å². The first-order valence-electron chi connectivity index (χ1n) is 11.6. The fourth-order valence-corrected chi connectivity index (χ4v) is 4.06. The Morgan fingerprint density at radius 1 is 0.917 bits per heavy atom. The van der Waals surface area contributed by atoms with Crippen molar-refractivity contribution in [1.29, 1.82) is 0 Å². The molecule has 0 saturated carbocycles. The molecule has 0 N–H and O–H groups in total. The molecule has 1 heterocycles. The van der Waals surface area contributed by atoms with E-state index in [-0.39, 0.29) is 5.91 Å². The largest absolute Gasteiger partial charge is 0.493 e. The molecule has 0 unspecified atom stereocenters. The zero-order chi connectivity index (χ0) is 25.5. The molecule has 0 aliphatic carbocycles. The monoisotopic (exact) mass is 549 g/mol. The lowest BCUT2D eigenvalue weighted by molar-refractivity contribution is 0.0756. The van der Waals surface area contributed by atoms with Crippen LogP contribution in [0.5, 0.6) is 11.5 Å². The smallest absolute Gasteiger partial charge is 0.253 e. The molecule has 0 radical (unpaired) electrons. The summed E-state index contributed by atoms with van der Waals surface area (Å²) in [7, 11) is 3.22. The number of nitrogens with zero attached hydrogens (tertiary/aromatic N) is 3. The lowest BCUT2D eigenvalue weighted by Crippen LogP contribution is -2.34. The Morgan fingerprint density at radius 3 is 2.31 bits per heavy atom. The van der Waals surface area contributed by atoms with E-state index >= 15 is 0 Å². The second kappa shape index (κ2) is 11.9. The third-order valence-corrected chi connectivity index (χ3v) is 6.40. The number of halogens is 1. The Hall–Kier alpha value is -3.65. The third-order valence-electron chi connectivity index (χ3n) is 5.87. The number of carbonyl (C=O) groups excluding carboxylic acids is 1. The Labute approximate surface area is 219 Å². The molecule has 8 heteroatoms. The highest BCUT2D eigenvalue weighted by Gasteiger charge is 2.18. The maximum atomic E-state index is 13.4. The van der Waals surface area contributed by atoms with Crippen LogP contribution < -0.4 is 9.47 Å². The van der Waals surface area contributed by atoms with Crippen molar-refractivity contribution in [3.8, 4) is 22.9 Å². The summed E-state index contributed by atoms with van der Waals surface area (Å²) >= 11 is 3.43. The second-order valence-electron chi connectivity index (χ2n) is 8.37. The number of rotatable bonds is 10. The highest BCUT2D eigenvalue weighted by Crippen LogP contribution is 2.28. The van der Waals surface area contributed by atoms with Gasteiger partial charge < -0.3 is 18.9 Å². The van der Waals surface area contributed by atoms with Crippen LogP contribution in [0.2, 0.25) is 0 Å². The van der Waals surface area contributed by atoms with Gasteiger partial charge in [0.05, 0.1) is 14.2 Å². The maximum Gasteiger partial charge on any atom is 0.253 e. The van der Waals surface area contributed by atoms with Crippen molar-refractivity contribution in [1.82, 2.24) is 15.0 Å². The van der Waals surface area contributed by atoms with Crippen LogP contribution in [0.4, 0.5) is 0 Å². The standard InChI is InChI=1S/C28H28BrN3O4/c1-19-4-7-22(8-5-19)28(33)32(16-14-20-6-13-24(34-2)25(18-20)35-3)17-15-26-30-27(31-36-26)21-9-11-23(29)12-10-21/h4-13,18H,14-17H2,1-3H3. The van der Waals surface area contributed by atoms with Crippen LogP contribution in [0.25, 0.3) is 11.4 Å². The van der Waals surface area contributed by atoms with Crippen LogP contribution in [-0.2, 0) is 12.8 Å². The number of hydrogen-bond acceptors (Lipinski definition) is 6. The van der Waals surface area contributed by atoms with Gasteiger partial charge in [-0.15, -0.1) is 0 Å². The molecule has 7 nitrogen and oxygen atoms in total. The number of methoxy groups -OCH3 is 2. The molecule has 0 fully saturated rings. The molecule has 3 aromatic carbocycles. The van der Waals surface area contributed by atoms with E-state index in [0.29, 0.717) is 54.7 Å². The first-order valence-corrected chi connectivity index (χ1v) is 12.4. The minimum absolute atomic E-state index is 0.0388. The lowest BCUT2D eigenvalue weighted by atomic mass is 10.1. The van der Waals surface area contributed by atoms with Crippen LogP contribution in [0.15, 0.2) is 75.7 Å². The van der Waals surface area contributed by atoms with Crippen molar-refractivity contribution in [2.24, 2.45) is 0 Å². The summed E-state index contributed by atoms with van der Waals surface area (Å²) in [5.74, 6) is 2.31. The van der Waals surface area contributed by atoms with Gasteiger partial charge in [0.25, 0.3) is 5.91 Å². The van der Waals surface area contributed by atoms with Gasteiger partial charge in [0.2, 0.25) is 11.7 Å². The minimum Gasteiger partial charge on any atom is -0.493 e. The summed E-state index contributed by atoms with van der Waals surface area (Å²) in [5, 5.41) is 4.11. The van der Waals surface area contributed by atoms with Gasteiger partial charge in [-0.3, -0.25) is 4.79 Å². The Bertz CT molecular complexity index is 1300. The van der Waals surface area contributed by atoms with E-state index < -0.39 is 0 Å². The number of ether oxygens (including phenoxy) is 2. The van der Waals surface area contributed by atoms with Gasteiger partial charge in [-0.05, 0) is 67.4 Å². The number of aromatic nitrogens is 2. The summed E-state index contributed by atoms with van der Waals surface area (Å²) in [5.41, 5.74) is 3.67. The summed E-state index contributed by atoms with van der Waals surface area (Å²) in [6, 6.07) is 21.1. The fourth-order valence-electron chi connectivity index (χ4n) is 3.80. The molecule has 4 aromatic rings. The zero-order valence-corrected chi connectivity index (χ0v) is 22.1. The third kappa shape index (κ3) is 6.31. The normalized spacial score (nSPS) is 10.8. The quantitative estimate of drug-likeness (QED) is 0.250. The van der Waals surface area contributed by atoms with Gasteiger partial charge in [-0.2, -0.15) is 4.98 Å². The van der Waals surface area contributed by atoms with Gasteiger partial charge in [0.15, 0.2) is 11.5 Å². The molecule has 4 rings (SSSR count). The van der Waals surface area contributed by atoms with Crippen molar-refractivity contribution < 1.29 is 18.8 Å². The average molecular weight is 550 g/mol. The highest BCUT2D eigenvalue weighted by atomic mass is 79.9. The number of aryl methyl sites for hydroxylation is 1. The second-order valence-corrected chi connectivity index (χ2v) is 9.28. The van der Waals surface area contributed by atoms with Gasteiger partial charge in [-0.25, -0.2) is 0 Å². The molecule has 0 aliphatic heterocycles. The predicted molar refractivity (Wildman–Crippen MR) is 141 cm³/mol. The Kier molecular flexibility index (Phi) is 8.38. The molecule has 0 bridgehead atoms. The molecule has 0 saturated heterocycles. The average Bonchev–Trinajstić information content (AvgIpc) is 3.38. The highest BCUT2D eigenvalue weighted by molar-refractivity contribution is 9.10.